The number of urea groups is 1. The number of pyridine rings is 2. The highest BCUT2D eigenvalue weighted by molar-refractivity contribution is 6.02. The van der Waals surface area contributed by atoms with Gasteiger partial charge in [0.1, 0.15) is 11.4 Å². The molecule has 0 atom stereocenters. The van der Waals surface area contributed by atoms with Crippen LogP contribution in [-0.2, 0) is 16.1 Å². The number of hydrogen-bond donors (Lipinski definition) is 3. The lowest BCUT2D eigenvalue weighted by molar-refractivity contribution is 0.0515. The Balaban J connectivity index is 2.60. The van der Waals surface area contributed by atoms with Crippen LogP contribution in [0.4, 0.5) is 10.6 Å². The van der Waals surface area contributed by atoms with Crippen molar-refractivity contribution in [3.8, 4) is 11.1 Å². The van der Waals surface area contributed by atoms with Gasteiger partial charge in [0.2, 0.25) is 0 Å². The minimum Gasteiger partial charge on any atom is -0.462 e. The zero-order valence-corrected chi connectivity index (χ0v) is 17.0. The van der Waals surface area contributed by atoms with Gasteiger partial charge >= 0.3 is 18.0 Å². The summed E-state index contributed by atoms with van der Waals surface area (Å²) in [7, 11) is 0. The number of aromatic nitrogens is 2. The lowest BCUT2D eigenvalue weighted by Crippen LogP contribution is -2.30. The maximum atomic E-state index is 12.6. The van der Waals surface area contributed by atoms with Gasteiger partial charge in [-0.2, -0.15) is 0 Å². The quantitative estimate of drug-likeness (QED) is 0.556. The molecule has 0 aromatic carbocycles. The lowest BCUT2D eigenvalue weighted by atomic mass is 9.98. The van der Waals surface area contributed by atoms with Crippen molar-refractivity contribution in [2.24, 2.45) is 0 Å². The van der Waals surface area contributed by atoms with Crippen molar-refractivity contribution in [1.82, 2.24) is 15.3 Å². The van der Waals surface area contributed by atoms with Crippen molar-refractivity contribution in [3.63, 3.8) is 0 Å². The fourth-order valence-electron chi connectivity index (χ4n) is 2.71. The molecule has 0 spiro atoms. The zero-order chi connectivity index (χ0) is 22.1. The predicted molar refractivity (Wildman–Crippen MR) is 108 cm³/mol. The van der Waals surface area contributed by atoms with Crippen LogP contribution in [0.15, 0.2) is 24.7 Å². The van der Waals surface area contributed by atoms with Crippen LogP contribution >= 0.6 is 0 Å². The first-order valence-electron chi connectivity index (χ1n) is 9.43. The first-order valence-corrected chi connectivity index (χ1v) is 9.43. The van der Waals surface area contributed by atoms with Crippen LogP contribution in [0, 0.1) is 0 Å². The van der Waals surface area contributed by atoms with Crippen LogP contribution in [0.1, 0.15) is 47.1 Å². The van der Waals surface area contributed by atoms with Crippen LogP contribution in [0.2, 0.25) is 0 Å². The molecule has 0 unspecified atom stereocenters. The molecule has 0 aliphatic carbocycles. The van der Waals surface area contributed by atoms with Crippen molar-refractivity contribution in [2.45, 2.75) is 27.4 Å². The average molecular weight is 416 g/mol. The van der Waals surface area contributed by atoms with Crippen LogP contribution in [-0.4, -0.2) is 52.8 Å². The molecule has 0 radical (unpaired) electrons. The van der Waals surface area contributed by atoms with Gasteiger partial charge in [-0.05, 0) is 26.8 Å². The van der Waals surface area contributed by atoms with Crippen molar-refractivity contribution >= 4 is 23.8 Å². The number of nitrogens with zero attached hydrogens (tertiary/aromatic N) is 2. The average Bonchev–Trinajstić information content (AvgIpc) is 2.73. The third-order valence-electron chi connectivity index (χ3n) is 3.95. The number of amides is 2. The number of hydrogen-bond acceptors (Lipinski definition) is 8. The SMILES string of the molecule is CCNC(=O)Nc1ncc(-c2cncc(C(=O)OCC)c2)c(CO)c1C(=O)OCC. The first-order chi connectivity index (χ1) is 14.5. The zero-order valence-electron chi connectivity index (χ0n) is 17.0. The molecule has 160 valence electrons. The largest absolute Gasteiger partial charge is 0.462 e. The minimum absolute atomic E-state index is 0.0540. The van der Waals surface area contributed by atoms with Crippen LogP contribution < -0.4 is 10.6 Å². The second-order valence-electron chi connectivity index (χ2n) is 5.92. The Bertz CT molecular complexity index is 932. The van der Waals surface area contributed by atoms with E-state index in [1.54, 1.807) is 20.8 Å². The van der Waals surface area contributed by atoms with Gasteiger partial charge in [-0.1, -0.05) is 0 Å². The molecule has 10 heteroatoms. The second-order valence-corrected chi connectivity index (χ2v) is 5.92. The molecule has 2 rings (SSSR count). The molecule has 3 N–H and O–H groups in total. The van der Waals surface area contributed by atoms with Crippen molar-refractivity contribution in [1.29, 1.82) is 0 Å². The summed E-state index contributed by atoms with van der Waals surface area (Å²) in [6.45, 7) is 5.20. The first kappa shape index (κ1) is 22.8. The van der Waals surface area contributed by atoms with E-state index in [0.29, 0.717) is 17.7 Å². The summed E-state index contributed by atoms with van der Waals surface area (Å²) in [5.41, 5.74) is 1.11. The molecule has 2 amide bonds. The van der Waals surface area contributed by atoms with E-state index in [-0.39, 0.29) is 35.7 Å². The van der Waals surface area contributed by atoms with Gasteiger partial charge in [-0.3, -0.25) is 10.3 Å². The molecule has 0 aliphatic heterocycles. The molecular weight excluding hydrogens is 392 g/mol. The highest BCUT2D eigenvalue weighted by atomic mass is 16.5. The van der Waals surface area contributed by atoms with E-state index in [0.717, 1.165) is 0 Å². The van der Waals surface area contributed by atoms with Gasteiger partial charge in [-0.25, -0.2) is 19.4 Å². The number of aliphatic hydroxyl groups excluding tert-OH is 1. The molecule has 2 aromatic heterocycles. The Kier molecular flexibility index (Phi) is 8.24. The normalized spacial score (nSPS) is 10.3. The minimum atomic E-state index is -0.753. The van der Waals surface area contributed by atoms with Crippen LogP contribution in [0.3, 0.4) is 0 Å². The van der Waals surface area contributed by atoms with Crippen molar-refractivity contribution in [2.75, 3.05) is 25.1 Å². The summed E-state index contributed by atoms with van der Waals surface area (Å²) in [5.74, 6) is -1.36. The number of carbonyl (C=O) groups is 3. The fraction of sp³-hybridized carbons (Fsp3) is 0.350. The Labute approximate surface area is 173 Å². The highest BCUT2D eigenvalue weighted by Crippen LogP contribution is 2.30. The van der Waals surface area contributed by atoms with Crippen molar-refractivity contribution in [3.05, 3.63) is 41.3 Å². The van der Waals surface area contributed by atoms with Gasteiger partial charge in [0, 0.05) is 41.8 Å². The second kappa shape index (κ2) is 10.9. The standard InChI is InChI=1S/C20H24N4O6/c1-4-22-20(28)24-17-16(19(27)30-6-3)15(11-25)14(10-23-17)12-7-13(9-21-8-12)18(26)29-5-2/h7-10,25H,4-6,11H2,1-3H3,(H2,22,23,24,28). The van der Waals surface area contributed by atoms with E-state index >= 15 is 0 Å². The molecule has 0 bridgehead atoms. The number of nitrogens with one attached hydrogen (secondary N) is 2. The molecule has 2 aromatic rings. The van der Waals surface area contributed by atoms with Gasteiger partial charge in [0.15, 0.2) is 0 Å². The van der Waals surface area contributed by atoms with Gasteiger partial charge in [0.25, 0.3) is 0 Å². The number of aliphatic hydroxyl groups is 1. The van der Waals surface area contributed by atoms with E-state index in [1.807, 2.05) is 0 Å². The van der Waals surface area contributed by atoms with Crippen molar-refractivity contribution < 1.29 is 29.0 Å². The number of anilines is 1. The van der Waals surface area contributed by atoms with E-state index in [4.69, 9.17) is 9.47 Å². The van der Waals surface area contributed by atoms with Crippen LogP contribution in [0.5, 0.6) is 0 Å². The van der Waals surface area contributed by atoms with E-state index in [2.05, 4.69) is 20.6 Å². The number of rotatable bonds is 8. The molecule has 2 heterocycles. The smallest absolute Gasteiger partial charge is 0.342 e. The predicted octanol–water partition coefficient (Wildman–Crippen LogP) is 2.13. The summed E-state index contributed by atoms with van der Waals surface area (Å²) in [4.78, 5) is 44.8. The van der Waals surface area contributed by atoms with Gasteiger partial charge < -0.3 is 19.9 Å². The molecule has 0 saturated carbocycles. The Morgan fingerprint density at radius 1 is 1.03 bits per heavy atom. The third kappa shape index (κ3) is 5.29. The molecular formula is C20H24N4O6. The van der Waals surface area contributed by atoms with Crippen LogP contribution in [0.25, 0.3) is 11.1 Å². The number of ether oxygens (including phenoxy) is 2. The molecule has 0 aliphatic rings. The summed E-state index contributed by atoms with van der Waals surface area (Å²) in [5, 5.41) is 15.1. The maximum absolute atomic E-state index is 12.6. The Hall–Kier alpha value is -3.53. The Morgan fingerprint density at radius 3 is 2.37 bits per heavy atom. The van der Waals surface area contributed by atoms with E-state index < -0.39 is 24.6 Å². The summed E-state index contributed by atoms with van der Waals surface area (Å²) in [6.07, 6.45) is 4.19. The summed E-state index contributed by atoms with van der Waals surface area (Å²) in [6, 6.07) is 0.964. The summed E-state index contributed by atoms with van der Waals surface area (Å²) >= 11 is 0. The molecule has 0 fully saturated rings. The van der Waals surface area contributed by atoms with E-state index in [1.165, 1.54) is 24.7 Å². The van der Waals surface area contributed by atoms with Gasteiger partial charge in [-0.15, -0.1) is 0 Å². The topological polar surface area (TPSA) is 140 Å². The summed E-state index contributed by atoms with van der Waals surface area (Å²) < 4.78 is 10.1. The lowest BCUT2D eigenvalue weighted by Gasteiger charge is -2.16. The number of carbonyl (C=O) groups excluding carboxylic acids is 3. The molecule has 0 saturated heterocycles. The molecule has 30 heavy (non-hydrogen) atoms. The molecule has 10 nitrogen and oxygen atoms in total. The van der Waals surface area contributed by atoms with Gasteiger partial charge in [0.05, 0.1) is 25.4 Å². The highest BCUT2D eigenvalue weighted by Gasteiger charge is 2.24. The fourth-order valence-corrected chi connectivity index (χ4v) is 2.71. The Morgan fingerprint density at radius 2 is 1.73 bits per heavy atom. The number of esters is 2. The third-order valence-corrected chi connectivity index (χ3v) is 3.95. The monoisotopic (exact) mass is 416 g/mol. The van der Waals surface area contributed by atoms with E-state index in [9.17, 15) is 19.5 Å². The maximum Gasteiger partial charge on any atom is 0.342 e.